The Morgan fingerprint density at radius 3 is 2.85 bits per heavy atom. The molecular formula is C16H24N2OS. The molecule has 0 spiro atoms. The van der Waals surface area contributed by atoms with E-state index in [0.29, 0.717) is 0 Å². The zero-order chi connectivity index (χ0) is 14.2. The Morgan fingerprint density at radius 1 is 1.15 bits per heavy atom. The van der Waals surface area contributed by atoms with E-state index in [0.717, 1.165) is 42.4 Å². The summed E-state index contributed by atoms with van der Waals surface area (Å²) < 4.78 is 7.00. The average molecular weight is 292 g/mol. The normalized spacial score (nSPS) is 10.9. The highest BCUT2D eigenvalue weighted by Crippen LogP contribution is 2.29. The quantitative estimate of drug-likeness (QED) is 0.655. The first-order valence-corrected chi connectivity index (χ1v) is 8.42. The van der Waals surface area contributed by atoms with Crippen LogP contribution in [0.1, 0.15) is 46.0 Å². The van der Waals surface area contributed by atoms with Crippen LogP contribution in [0.5, 0.6) is 5.75 Å². The molecule has 1 aromatic carbocycles. The molecule has 0 aliphatic heterocycles. The number of hydrogen-bond acceptors (Lipinski definition) is 4. The van der Waals surface area contributed by atoms with Gasteiger partial charge in [0, 0.05) is 6.54 Å². The van der Waals surface area contributed by atoms with Gasteiger partial charge in [0.05, 0.1) is 16.8 Å². The van der Waals surface area contributed by atoms with E-state index >= 15 is 0 Å². The smallest absolute Gasteiger partial charge is 0.183 e. The second-order valence-corrected chi connectivity index (χ2v) is 6.02. The molecule has 20 heavy (non-hydrogen) atoms. The molecule has 0 unspecified atom stereocenters. The third kappa shape index (κ3) is 4.37. The van der Waals surface area contributed by atoms with Gasteiger partial charge < -0.3 is 10.1 Å². The fourth-order valence-corrected chi connectivity index (χ4v) is 2.94. The van der Waals surface area contributed by atoms with Crippen molar-refractivity contribution in [3.05, 3.63) is 18.2 Å². The van der Waals surface area contributed by atoms with Crippen molar-refractivity contribution in [3.63, 3.8) is 0 Å². The fourth-order valence-electron chi connectivity index (χ4n) is 2.02. The summed E-state index contributed by atoms with van der Waals surface area (Å²) in [5, 5.41) is 4.34. The van der Waals surface area contributed by atoms with Crippen LogP contribution in [0.2, 0.25) is 0 Å². The third-order valence-corrected chi connectivity index (χ3v) is 4.13. The summed E-state index contributed by atoms with van der Waals surface area (Å²) in [5.74, 6) is 0.958. The summed E-state index contributed by atoms with van der Waals surface area (Å²) in [7, 11) is 0. The van der Waals surface area contributed by atoms with Gasteiger partial charge in [0.1, 0.15) is 5.75 Å². The maximum atomic E-state index is 5.81. The van der Waals surface area contributed by atoms with E-state index in [-0.39, 0.29) is 0 Å². The van der Waals surface area contributed by atoms with Crippen LogP contribution < -0.4 is 10.1 Å². The van der Waals surface area contributed by atoms with E-state index in [2.05, 4.69) is 30.2 Å². The topological polar surface area (TPSA) is 34.1 Å². The van der Waals surface area contributed by atoms with Crippen LogP contribution in [0.4, 0.5) is 5.13 Å². The molecule has 4 heteroatoms. The highest BCUT2D eigenvalue weighted by Gasteiger charge is 2.04. The van der Waals surface area contributed by atoms with Gasteiger partial charge in [0.2, 0.25) is 0 Å². The van der Waals surface area contributed by atoms with Gasteiger partial charge in [0.25, 0.3) is 0 Å². The number of rotatable bonds is 9. The third-order valence-electron chi connectivity index (χ3n) is 3.15. The molecule has 110 valence electrons. The van der Waals surface area contributed by atoms with E-state index in [1.807, 2.05) is 12.1 Å². The second kappa shape index (κ2) is 8.10. The zero-order valence-corrected chi connectivity index (χ0v) is 13.3. The summed E-state index contributed by atoms with van der Waals surface area (Å²) >= 11 is 1.70. The Labute approximate surface area is 125 Å². The second-order valence-electron chi connectivity index (χ2n) is 4.98. The molecule has 0 atom stereocenters. The van der Waals surface area contributed by atoms with Gasteiger partial charge in [-0.15, -0.1) is 0 Å². The molecule has 0 bridgehead atoms. The van der Waals surface area contributed by atoms with Crippen molar-refractivity contribution in [2.75, 3.05) is 18.5 Å². The van der Waals surface area contributed by atoms with E-state index in [1.165, 1.54) is 24.0 Å². The highest BCUT2D eigenvalue weighted by molar-refractivity contribution is 7.22. The molecule has 1 aromatic heterocycles. The van der Waals surface area contributed by atoms with Gasteiger partial charge >= 0.3 is 0 Å². The molecule has 0 saturated heterocycles. The lowest BCUT2D eigenvalue weighted by Crippen LogP contribution is -1.98. The molecule has 0 amide bonds. The molecule has 0 aliphatic carbocycles. The number of ether oxygens (including phenoxy) is 1. The molecule has 3 nitrogen and oxygen atoms in total. The lowest BCUT2D eigenvalue weighted by Gasteiger charge is -2.05. The van der Waals surface area contributed by atoms with Gasteiger partial charge in [-0.1, -0.05) is 44.4 Å². The van der Waals surface area contributed by atoms with Crippen LogP contribution in [-0.4, -0.2) is 18.1 Å². The van der Waals surface area contributed by atoms with Crippen LogP contribution in [-0.2, 0) is 0 Å². The minimum atomic E-state index is 0.811. The molecule has 1 heterocycles. The number of hydrogen-bond donors (Lipinski definition) is 1. The van der Waals surface area contributed by atoms with E-state index in [1.54, 1.807) is 11.3 Å². The molecule has 2 rings (SSSR count). The monoisotopic (exact) mass is 292 g/mol. The molecule has 0 aliphatic rings. The van der Waals surface area contributed by atoms with Gasteiger partial charge in [-0.2, -0.15) is 0 Å². The van der Waals surface area contributed by atoms with Gasteiger partial charge in [-0.25, -0.2) is 4.98 Å². The van der Waals surface area contributed by atoms with Crippen molar-refractivity contribution in [2.45, 2.75) is 46.0 Å². The number of fused-ring (bicyclic) bond motifs is 1. The first-order chi connectivity index (χ1) is 9.83. The van der Waals surface area contributed by atoms with Crippen LogP contribution in [0.25, 0.3) is 10.2 Å². The number of nitrogens with one attached hydrogen (secondary N) is 1. The Balaban J connectivity index is 1.91. The van der Waals surface area contributed by atoms with E-state index in [4.69, 9.17) is 4.74 Å². The van der Waals surface area contributed by atoms with Crippen molar-refractivity contribution >= 4 is 26.7 Å². The van der Waals surface area contributed by atoms with Gasteiger partial charge in [-0.3, -0.25) is 0 Å². The van der Waals surface area contributed by atoms with Gasteiger partial charge in [0.15, 0.2) is 5.13 Å². The van der Waals surface area contributed by atoms with Crippen LogP contribution in [0.15, 0.2) is 18.2 Å². The molecule has 1 N–H and O–H groups in total. The molecule has 2 aromatic rings. The SMILES string of the molecule is CCCCCCOc1ccc2nc(NCCC)sc2c1. The number of anilines is 1. The number of unbranched alkanes of at least 4 members (excludes halogenated alkanes) is 3. The summed E-state index contributed by atoms with van der Waals surface area (Å²) in [6.45, 7) is 6.17. The van der Waals surface area contributed by atoms with Crippen molar-refractivity contribution in [2.24, 2.45) is 0 Å². The fraction of sp³-hybridized carbons (Fsp3) is 0.562. The van der Waals surface area contributed by atoms with Crippen molar-refractivity contribution in [1.29, 1.82) is 0 Å². The Bertz CT molecular complexity index is 524. The lowest BCUT2D eigenvalue weighted by molar-refractivity contribution is 0.305. The van der Waals surface area contributed by atoms with Crippen molar-refractivity contribution in [1.82, 2.24) is 4.98 Å². The number of thiazole rings is 1. The maximum absolute atomic E-state index is 5.81. The van der Waals surface area contributed by atoms with Gasteiger partial charge in [-0.05, 0) is 31.0 Å². The summed E-state index contributed by atoms with van der Waals surface area (Å²) in [6, 6.07) is 6.17. The summed E-state index contributed by atoms with van der Waals surface area (Å²) in [5.41, 5.74) is 1.05. The van der Waals surface area contributed by atoms with E-state index in [9.17, 15) is 0 Å². The van der Waals surface area contributed by atoms with Crippen molar-refractivity contribution < 1.29 is 4.74 Å². The van der Waals surface area contributed by atoms with Crippen LogP contribution >= 0.6 is 11.3 Å². The Kier molecular flexibility index (Phi) is 6.12. The zero-order valence-electron chi connectivity index (χ0n) is 12.4. The average Bonchev–Trinajstić information content (AvgIpc) is 2.87. The predicted molar refractivity (Wildman–Crippen MR) is 88.0 cm³/mol. The Hall–Kier alpha value is -1.29. The lowest BCUT2D eigenvalue weighted by atomic mass is 10.2. The standard InChI is InChI=1S/C16H24N2OS/c1-3-5-6-7-11-19-13-8-9-14-15(12-13)20-16(18-14)17-10-4-2/h8-9,12H,3-7,10-11H2,1-2H3,(H,17,18). The number of aromatic nitrogens is 1. The molecule has 0 saturated carbocycles. The van der Waals surface area contributed by atoms with Crippen LogP contribution in [0.3, 0.4) is 0 Å². The minimum absolute atomic E-state index is 0.811. The predicted octanol–water partition coefficient (Wildman–Crippen LogP) is 5.08. The number of benzene rings is 1. The highest BCUT2D eigenvalue weighted by atomic mass is 32.1. The van der Waals surface area contributed by atoms with E-state index < -0.39 is 0 Å². The molecule has 0 fully saturated rings. The Morgan fingerprint density at radius 2 is 2.05 bits per heavy atom. The first kappa shape index (κ1) is 15.1. The summed E-state index contributed by atoms with van der Waals surface area (Å²) in [4.78, 5) is 4.56. The van der Waals surface area contributed by atoms with Crippen molar-refractivity contribution in [3.8, 4) is 5.75 Å². The number of nitrogens with zero attached hydrogens (tertiary/aromatic N) is 1. The maximum Gasteiger partial charge on any atom is 0.183 e. The minimum Gasteiger partial charge on any atom is -0.494 e. The molecular weight excluding hydrogens is 268 g/mol. The largest absolute Gasteiger partial charge is 0.494 e. The summed E-state index contributed by atoms with van der Waals surface area (Å²) in [6.07, 6.45) is 6.06. The molecule has 0 radical (unpaired) electrons. The first-order valence-electron chi connectivity index (χ1n) is 7.60. The van der Waals surface area contributed by atoms with Crippen LogP contribution in [0, 0.1) is 0 Å².